The van der Waals surface area contributed by atoms with Crippen LogP contribution in [0.3, 0.4) is 0 Å². The molecule has 8 heavy (non-hydrogen) atoms. The normalized spacial score (nSPS) is 7.50. The van der Waals surface area contributed by atoms with Crippen molar-refractivity contribution in [3.63, 3.8) is 0 Å². The average Bonchev–Trinajstić information content (AvgIpc) is 1.61. The Morgan fingerprint density at radius 1 is 1.38 bits per heavy atom. The van der Waals surface area contributed by atoms with E-state index in [4.69, 9.17) is 5.73 Å². The highest BCUT2D eigenvalue weighted by atomic mass is 32.1. The van der Waals surface area contributed by atoms with Gasteiger partial charge in [-0.2, -0.15) is 0 Å². The Bertz CT molecular complexity index is 97.1. The minimum absolute atomic E-state index is 0.122. The average molecular weight is 166 g/mol. The molecule has 46 valence electrons. The fourth-order valence-electron chi connectivity index (χ4n) is 0.113. The van der Waals surface area contributed by atoms with Crippen molar-refractivity contribution in [1.82, 2.24) is 10.9 Å². The molecule has 0 fully saturated rings. The summed E-state index contributed by atoms with van der Waals surface area (Å²) in [4.78, 5) is 0. The SMILES string of the molecule is NC(=S)NNC(=S)[S-]. The van der Waals surface area contributed by atoms with Crippen LogP contribution in [0.2, 0.25) is 0 Å². The van der Waals surface area contributed by atoms with Crippen molar-refractivity contribution in [3.8, 4) is 0 Å². The Balaban J connectivity index is 3.18. The molecule has 0 aliphatic heterocycles. The Kier molecular flexibility index (Phi) is 3.67. The summed E-state index contributed by atoms with van der Waals surface area (Å²) in [5, 5.41) is 0.122. The molecule has 4 N–H and O–H groups in total. The molecular formula is C2H4N3S3-. The first-order valence-electron chi connectivity index (χ1n) is 1.65. The van der Waals surface area contributed by atoms with E-state index >= 15 is 0 Å². The van der Waals surface area contributed by atoms with Crippen LogP contribution in [0.5, 0.6) is 0 Å². The van der Waals surface area contributed by atoms with Gasteiger partial charge in [0.05, 0.1) is 0 Å². The molecule has 0 amide bonds. The van der Waals surface area contributed by atoms with Crippen LogP contribution in [0.15, 0.2) is 0 Å². The summed E-state index contributed by atoms with van der Waals surface area (Å²) < 4.78 is 0.192. The van der Waals surface area contributed by atoms with Gasteiger partial charge in [-0.05, 0) is 16.5 Å². The maximum atomic E-state index is 4.99. The molecule has 0 rings (SSSR count). The van der Waals surface area contributed by atoms with E-state index in [2.05, 4.69) is 47.9 Å². The summed E-state index contributed by atoms with van der Waals surface area (Å²) in [6.45, 7) is 0. The van der Waals surface area contributed by atoms with Crippen LogP contribution in [-0.4, -0.2) is 9.43 Å². The molecule has 0 aromatic rings. The Hall–Kier alpha value is -0.200. The van der Waals surface area contributed by atoms with Gasteiger partial charge in [0.2, 0.25) is 0 Å². The van der Waals surface area contributed by atoms with Gasteiger partial charge in [-0.3, -0.25) is 5.43 Å². The van der Waals surface area contributed by atoms with Gasteiger partial charge in [0.15, 0.2) is 5.11 Å². The highest BCUT2D eigenvalue weighted by Crippen LogP contribution is 1.58. The number of hydrogen-bond acceptors (Lipinski definition) is 3. The maximum Gasteiger partial charge on any atom is 0.182 e. The van der Waals surface area contributed by atoms with E-state index in [1.165, 1.54) is 0 Å². The van der Waals surface area contributed by atoms with Gasteiger partial charge in [0, 0.05) is 0 Å². The number of hydrogen-bond donors (Lipinski definition) is 3. The van der Waals surface area contributed by atoms with Crippen LogP contribution in [0.1, 0.15) is 0 Å². The summed E-state index contributed by atoms with van der Waals surface area (Å²) in [5.74, 6) is 0. The second-order valence-corrected chi connectivity index (χ2v) is 2.42. The van der Waals surface area contributed by atoms with Crippen molar-refractivity contribution in [2.75, 3.05) is 0 Å². The predicted molar refractivity (Wildman–Crippen MR) is 43.0 cm³/mol. The summed E-state index contributed by atoms with van der Waals surface area (Å²) in [7, 11) is 0. The molecule has 0 aliphatic rings. The van der Waals surface area contributed by atoms with Gasteiger partial charge in [-0.25, -0.2) is 0 Å². The second-order valence-electron chi connectivity index (χ2n) is 0.902. The third-order valence-electron chi connectivity index (χ3n) is 0.288. The third-order valence-corrected chi connectivity index (χ3v) is 0.594. The van der Waals surface area contributed by atoms with Crippen LogP contribution in [0.25, 0.3) is 0 Å². The predicted octanol–water partition coefficient (Wildman–Crippen LogP) is -0.844. The first-order chi connectivity index (χ1) is 3.63. The van der Waals surface area contributed by atoms with E-state index in [0.29, 0.717) is 0 Å². The van der Waals surface area contributed by atoms with E-state index < -0.39 is 0 Å². The Morgan fingerprint density at radius 2 is 1.88 bits per heavy atom. The van der Waals surface area contributed by atoms with Crippen LogP contribution in [0.4, 0.5) is 0 Å². The lowest BCUT2D eigenvalue weighted by Gasteiger charge is -2.09. The largest absolute Gasteiger partial charge is 0.410 e. The van der Waals surface area contributed by atoms with Gasteiger partial charge >= 0.3 is 0 Å². The zero-order chi connectivity index (χ0) is 6.57. The quantitative estimate of drug-likeness (QED) is 0.248. The monoisotopic (exact) mass is 166 g/mol. The summed E-state index contributed by atoms with van der Waals surface area (Å²) >= 11 is 13.3. The fraction of sp³-hybridized carbons (Fsp3) is 0. The highest BCUT2D eigenvalue weighted by molar-refractivity contribution is 8.00. The number of nitrogens with one attached hydrogen (secondary N) is 2. The first-order valence-corrected chi connectivity index (χ1v) is 2.88. The molecule has 6 heteroatoms. The van der Waals surface area contributed by atoms with Crippen molar-refractivity contribution in [2.45, 2.75) is 0 Å². The minimum atomic E-state index is 0.122. The summed E-state index contributed by atoms with van der Waals surface area (Å²) in [6, 6.07) is 0. The number of hydrazine groups is 1. The van der Waals surface area contributed by atoms with Gasteiger partial charge in [0.1, 0.15) is 0 Å². The zero-order valence-electron chi connectivity index (χ0n) is 3.80. The molecule has 0 aliphatic carbocycles. The molecule has 0 bridgehead atoms. The molecule has 3 nitrogen and oxygen atoms in total. The Morgan fingerprint density at radius 3 is 2.00 bits per heavy atom. The molecule has 0 aromatic carbocycles. The van der Waals surface area contributed by atoms with Gasteiger partial charge in [-0.15, -0.1) is 0 Å². The van der Waals surface area contributed by atoms with Gasteiger partial charge < -0.3 is 36.0 Å². The second kappa shape index (κ2) is 3.76. The van der Waals surface area contributed by atoms with Crippen molar-refractivity contribution in [1.29, 1.82) is 0 Å². The van der Waals surface area contributed by atoms with Crippen molar-refractivity contribution >= 4 is 46.5 Å². The van der Waals surface area contributed by atoms with E-state index in [1.54, 1.807) is 0 Å². The molecule has 0 spiro atoms. The van der Waals surface area contributed by atoms with Crippen LogP contribution >= 0.6 is 24.4 Å². The van der Waals surface area contributed by atoms with Crippen molar-refractivity contribution in [3.05, 3.63) is 0 Å². The first kappa shape index (κ1) is 7.80. The van der Waals surface area contributed by atoms with Gasteiger partial charge in [-0.1, -0.05) is 0 Å². The molecule has 0 heterocycles. The molecule has 0 atom stereocenters. The van der Waals surface area contributed by atoms with E-state index in [1.807, 2.05) is 0 Å². The van der Waals surface area contributed by atoms with E-state index in [-0.39, 0.29) is 9.43 Å². The van der Waals surface area contributed by atoms with E-state index in [0.717, 1.165) is 0 Å². The van der Waals surface area contributed by atoms with E-state index in [9.17, 15) is 0 Å². The van der Waals surface area contributed by atoms with Crippen molar-refractivity contribution < 1.29 is 0 Å². The number of nitrogens with two attached hydrogens (primary N) is 1. The van der Waals surface area contributed by atoms with Gasteiger partial charge in [0.25, 0.3) is 0 Å². The van der Waals surface area contributed by atoms with Crippen LogP contribution in [-0.2, 0) is 12.6 Å². The molecule has 0 aromatic heterocycles. The fourth-order valence-corrected chi connectivity index (χ4v) is 0.266. The van der Waals surface area contributed by atoms with Crippen LogP contribution in [0, 0.1) is 0 Å². The van der Waals surface area contributed by atoms with Crippen molar-refractivity contribution in [2.24, 2.45) is 5.73 Å². The minimum Gasteiger partial charge on any atom is -0.410 e. The maximum absolute atomic E-state index is 4.99. The molecule has 0 saturated carbocycles. The summed E-state index contributed by atoms with van der Waals surface area (Å²) in [5.41, 5.74) is 9.73. The zero-order valence-corrected chi connectivity index (χ0v) is 6.25. The smallest absolute Gasteiger partial charge is 0.182 e. The topological polar surface area (TPSA) is 50.1 Å². The lowest BCUT2D eigenvalue weighted by Crippen LogP contribution is -2.42. The summed E-state index contributed by atoms with van der Waals surface area (Å²) in [6.07, 6.45) is 0. The number of rotatable bonds is 0. The number of thiocarbonyl (C=S) groups is 2. The lowest BCUT2D eigenvalue weighted by molar-refractivity contribution is 0.893. The highest BCUT2D eigenvalue weighted by Gasteiger charge is 1.77. The standard InChI is InChI=1S/C2H5N3S3/c3-1(6)4-5-2(7)8/h(H3,3,4,6)(H2,5,7,8)/p-1. The molecular weight excluding hydrogens is 162 g/mol. The Labute approximate surface area is 63.4 Å². The van der Waals surface area contributed by atoms with Crippen LogP contribution < -0.4 is 16.6 Å². The third kappa shape index (κ3) is 5.80. The molecule has 0 radical (unpaired) electrons. The molecule has 0 unspecified atom stereocenters. The lowest BCUT2D eigenvalue weighted by atomic mass is 11.2. The molecule has 0 saturated heterocycles.